The van der Waals surface area contributed by atoms with Crippen molar-refractivity contribution >= 4 is 21.9 Å². The lowest BCUT2D eigenvalue weighted by Gasteiger charge is -2.45. The zero-order valence-electron chi connectivity index (χ0n) is 23.1. The molecule has 1 fully saturated rings. The van der Waals surface area contributed by atoms with E-state index < -0.39 is 44.8 Å². The Morgan fingerprint density at radius 2 is 1.84 bits per heavy atom. The lowest BCUT2D eigenvalue weighted by atomic mass is 9.60. The van der Waals surface area contributed by atoms with Crippen LogP contribution >= 0.6 is 0 Å². The molecular formula is C29H26F4N6O3S. The minimum Gasteiger partial charge on any atom is -0.291 e. The van der Waals surface area contributed by atoms with Crippen LogP contribution in [0.25, 0.3) is 11.8 Å². The number of aromatic nitrogens is 5. The molecule has 3 aromatic heterocycles. The third kappa shape index (κ3) is 4.97. The van der Waals surface area contributed by atoms with Gasteiger partial charge in [-0.15, -0.1) is 0 Å². The highest BCUT2D eigenvalue weighted by molar-refractivity contribution is 7.89. The fourth-order valence-electron chi connectivity index (χ4n) is 6.00. The van der Waals surface area contributed by atoms with Gasteiger partial charge < -0.3 is 0 Å². The number of aryl methyl sites for hydroxylation is 1. The van der Waals surface area contributed by atoms with Gasteiger partial charge in [0.1, 0.15) is 11.5 Å². The highest BCUT2D eigenvalue weighted by atomic mass is 32.2. The van der Waals surface area contributed by atoms with Crippen LogP contribution in [-0.2, 0) is 29.7 Å². The summed E-state index contributed by atoms with van der Waals surface area (Å²) in [5, 5.41) is 8.39. The Morgan fingerprint density at radius 3 is 2.47 bits per heavy atom. The fraction of sp³-hybridized carbons (Fsp3) is 0.310. The molecule has 2 aliphatic rings. The maximum atomic E-state index is 14.3. The van der Waals surface area contributed by atoms with Crippen molar-refractivity contribution in [2.24, 2.45) is 12.5 Å². The Balaban J connectivity index is 1.42. The third-order valence-electron chi connectivity index (χ3n) is 8.31. The van der Waals surface area contributed by atoms with Gasteiger partial charge in [-0.3, -0.25) is 14.5 Å². The van der Waals surface area contributed by atoms with Crippen LogP contribution < -0.4 is 0 Å². The molecule has 224 valence electrons. The standard InChI is InChI=1S/C29H26F4N6O3S/c1-37-12-11-26(36-37)43(41,42)38(2)23-7-3-19-13-25-18(16-35-39(25)22-8-5-21(30)6-9-22)14-28(19,15-23)27(40)24-10-4-20(17-34-24)29(31,32)33/h4-6,8-13,16-17,23H,3,7,14-15H2,1-2H3/t23-,28-/m0/s1. The Bertz CT molecular complexity index is 1850. The van der Waals surface area contributed by atoms with Gasteiger partial charge in [-0.2, -0.15) is 27.7 Å². The number of benzene rings is 1. The van der Waals surface area contributed by atoms with Gasteiger partial charge >= 0.3 is 6.18 Å². The number of ketones is 1. The summed E-state index contributed by atoms with van der Waals surface area (Å²) < 4.78 is 84.4. The van der Waals surface area contributed by atoms with Crippen LogP contribution in [0.15, 0.2) is 71.7 Å². The first-order chi connectivity index (χ1) is 20.3. The first kappa shape index (κ1) is 28.9. The summed E-state index contributed by atoms with van der Waals surface area (Å²) in [6, 6.07) is 8.44. The zero-order chi connectivity index (χ0) is 30.7. The van der Waals surface area contributed by atoms with Gasteiger partial charge in [0.15, 0.2) is 10.8 Å². The molecule has 0 N–H and O–H groups in total. The number of hydrogen-bond acceptors (Lipinski definition) is 6. The van der Waals surface area contributed by atoms with Crippen molar-refractivity contribution in [1.82, 2.24) is 28.9 Å². The largest absolute Gasteiger partial charge is 0.417 e. The monoisotopic (exact) mass is 614 g/mol. The van der Waals surface area contributed by atoms with Crippen LogP contribution in [0.2, 0.25) is 0 Å². The van der Waals surface area contributed by atoms with Crippen molar-refractivity contribution in [1.29, 1.82) is 0 Å². The first-order valence-corrected chi connectivity index (χ1v) is 14.8. The minimum absolute atomic E-state index is 0.0735. The Hall–Kier alpha value is -4.17. The van der Waals surface area contributed by atoms with E-state index in [2.05, 4.69) is 15.2 Å². The maximum absolute atomic E-state index is 14.3. The van der Waals surface area contributed by atoms with Gasteiger partial charge in [-0.1, -0.05) is 5.57 Å². The number of Topliss-reactive ketones (excluding diaryl/α,β-unsaturated/α-hetero) is 1. The average Bonchev–Trinajstić information content (AvgIpc) is 3.61. The molecule has 2 atom stereocenters. The van der Waals surface area contributed by atoms with Crippen LogP contribution in [0.1, 0.15) is 46.6 Å². The number of nitrogens with zero attached hydrogens (tertiary/aromatic N) is 6. The summed E-state index contributed by atoms with van der Waals surface area (Å²) >= 11 is 0. The quantitative estimate of drug-likeness (QED) is 0.228. The van der Waals surface area contributed by atoms with Crippen LogP contribution in [0.4, 0.5) is 17.6 Å². The molecule has 0 saturated heterocycles. The number of alkyl halides is 3. The second-order valence-corrected chi connectivity index (χ2v) is 12.8. The molecule has 0 unspecified atom stereocenters. The highest BCUT2D eigenvalue weighted by Crippen LogP contribution is 2.51. The number of allylic oxidation sites excluding steroid dienone is 1. The van der Waals surface area contributed by atoms with Crippen molar-refractivity contribution in [3.8, 4) is 5.69 Å². The fourth-order valence-corrected chi connectivity index (χ4v) is 7.33. The van der Waals surface area contributed by atoms with Crippen LogP contribution in [0.5, 0.6) is 0 Å². The van der Waals surface area contributed by atoms with E-state index >= 15 is 0 Å². The molecule has 0 bridgehead atoms. The van der Waals surface area contributed by atoms with E-state index in [0.717, 1.165) is 12.1 Å². The summed E-state index contributed by atoms with van der Waals surface area (Å²) in [4.78, 5) is 18.2. The second-order valence-electron chi connectivity index (χ2n) is 10.9. The van der Waals surface area contributed by atoms with Gasteiger partial charge in [0.2, 0.25) is 0 Å². The molecule has 0 aliphatic heterocycles. The predicted octanol–water partition coefficient (Wildman–Crippen LogP) is 4.84. The molecule has 6 rings (SSSR count). The van der Waals surface area contributed by atoms with Gasteiger partial charge in [-0.05, 0) is 79.8 Å². The number of carbonyl (C=O) groups excluding carboxylic acids is 1. The number of hydrogen-bond donors (Lipinski definition) is 0. The summed E-state index contributed by atoms with van der Waals surface area (Å²) in [5.74, 6) is -0.902. The van der Waals surface area contributed by atoms with E-state index in [4.69, 9.17) is 0 Å². The highest BCUT2D eigenvalue weighted by Gasteiger charge is 2.51. The van der Waals surface area contributed by atoms with E-state index in [1.165, 1.54) is 40.4 Å². The predicted molar refractivity (Wildman–Crippen MR) is 147 cm³/mol. The molecule has 1 saturated carbocycles. The molecule has 0 amide bonds. The van der Waals surface area contributed by atoms with Crippen molar-refractivity contribution in [3.63, 3.8) is 0 Å². The molecule has 0 radical (unpaired) electrons. The molecule has 2 aliphatic carbocycles. The van der Waals surface area contributed by atoms with E-state index in [9.17, 15) is 30.8 Å². The normalized spacial score (nSPS) is 20.4. The van der Waals surface area contributed by atoms with Gasteiger partial charge in [0, 0.05) is 32.5 Å². The maximum Gasteiger partial charge on any atom is 0.417 e. The summed E-state index contributed by atoms with van der Waals surface area (Å²) in [5.41, 5.74) is 0.277. The number of sulfonamides is 1. The zero-order valence-corrected chi connectivity index (χ0v) is 23.9. The van der Waals surface area contributed by atoms with E-state index in [0.29, 0.717) is 41.6 Å². The number of rotatable bonds is 6. The molecule has 3 heterocycles. The summed E-state index contributed by atoms with van der Waals surface area (Å²) in [6.07, 6.45) is 1.90. The van der Waals surface area contributed by atoms with Crippen LogP contribution in [-0.4, -0.2) is 56.1 Å². The number of fused-ring (bicyclic) bond motifs is 2. The Morgan fingerprint density at radius 1 is 1.09 bits per heavy atom. The molecule has 14 heteroatoms. The number of halogens is 4. The van der Waals surface area contributed by atoms with Crippen molar-refractivity contribution < 1.29 is 30.8 Å². The molecule has 0 spiro atoms. The van der Waals surface area contributed by atoms with Crippen molar-refractivity contribution in [3.05, 3.63) is 95.0 Å². The SMILES string of the molecule is CN([C@H]1CCC2=Cc3c(cnn3-c3ccc(F)cc3)C[C@]2(C(=O)c2ccc(C(F)(F)F)cn2)C1)S(=O)(=O)c1ccn(C)n1. The van der Waals surface area contributed by atoms with Crippen LogP contribution in [0.3, 0.4) is 0 Å². The number of carbonyl (C=O) groups is 1. The van der Waals surface area contributed by atoms with Gasteiger partial charge in [-0.25, -0.2) is 17.5 Å². The average molecular weight is 615 g/mol. The summed E-state index contributed by atoms with van der Waals surface area (Å²) in [7, 11) is -0.960. The second kappa shape index (κ2) is 10.2. The molecule has 9 nitrogen and oxygen atoms in total. The van der Waals surface area contributed by atoms with Crippen molar-refractivity contribution in [2.75, 3.05) is 7.05 Å². The first-order valence-electron chi connectivity index (χ1n) is 13.4. The van der Waals surface area contributed by atoms with E-state index in [-0.39, 0.29) is 23.6 Å². The molecule has 1 aromatic carbocycles. The Kier molecular flexibility index (Phi) is 6.88. The van der Waals surface area contributed by atoms with Gasteiger partial charge in [0.25, 0.3) is 10.0 Å². The van der Waals surface area contributed by atoms with E-state index in [1.54, 1.807) is 30.1 Å². The lowest BCUT2D eigenvalue weighted by Crippen LogP contribution is -2.49. The Labute approximate surface area is 244 Å². The molecule has 43 heavy (non-hydrogen) atoms. The van der Waals surface area contributed by atoms with Crippen molar-refractivity contribution in [2.45, 2.75) is 42.9 Å². The van der Waals surface area contributed by atoms with Gasteiger partial charge in [0.05, 0.1) is 28.6 Å². The number of pyridine rings is 1. The third-order valence-corrected chi connectivity index (χ3v) is 10.1. The lowest BCUT2D eigenvalue weighted by molar-refractivity contribution is -0.137. The van der Waals surface area contributed by atoms with E-state index in [1.807, 2.05) is 6.08 Å². The minimum atomic E-state index is -4.62. The molecule has 4 aromatic rings. The smallest absolute Gasteiger partial charge is 0.291 e. The molecular weight excluding hydrogens is 588 g/mol. The van der Waals surface area contributed by atoms with Crippen LogP contribution in [0, 0.1) is 11.2 Å². The topological polar surface area (TPSA) is 103 Å². The summed E-state index contributed by atoms with van der Waals surface area (Å²) in [6.45, 7) is 0.